The van der Waals surface area contributed by atoms with Crippen molar-refractivity contribution in [3.8, 4) is 0 Å². The first-order valence-electron chi connectivity index (χ1n) is 10.6. The molecule has 3 aromatic rings. The van der Waals surface area contributed by atoms with Gasteiger partial charge in [-0.1, -0.05) is 18.7 Å². The number of aromatic nitrogens is 2. The summed E-state index contributed by atoms with van der Waals surface area (Å²) in [4.78, 5) is 46.6. The number of carbonyl (C=O) groups is 2. The molecule has 4 rings (SSSR count). The average Bonchev–Trinajstić information content (AvgIpc) is 3.12. The molecule has 168 valence electrons. The molecule has 0 aliphatic heterocycles. The topological polar surface area (TPSA) is 101 Å². The number of fused-ring (bicyclic) bond motifs is 3. The minimum atomic E-state index is -0.477. The summed E-state index contributed by atoms with van der Waals surface area (Å²) < 4.78 is 4.96. The first-order chi connectivity index (χ1) is 15.4. The van der Waals surface area contributed by atoms with Crippen molar-refractivity contribution in [2.24, 2.45) is 5.92 Å². The Bertz CT molecular complexity index is 1220. The number of esters is 1. The summed E-state index contributed by atoms with van der Waals surface area (Å²) in [6, 6.07) is 6.53. The molecule has 2 unspecified atom stereocenters. The molecule has 1 aliphatic carbocycles. The molecule has 2 atom stereocenters. The van der Waals surface area contributed by atoms with E-state index < -0.39 is 11.2 Å². The highest BCUT2D eigenvalue weighted by atomic mass is 32.2. The minimum Gasteiger partial charge on any atom is -0.462 e. The van der Waals surface area contributed by atoms with Crippen LogP contribution in [0.1, 0.15) is 48.0 Å². The molecule has 1 aromatic carbocycles. The van der Waals surface area contributed by atoms with Crippen molar-refractivity contribution in [2.75, 3.05) is 11.9 Å². The summed E-state index contributed by atoms with van der Waals surface area (Å²) in [5.74, 6) is 0.00364. The summed E-state index contributed by atoms with van der Waals surface area (Å²) in [6.45, 7) is 6.05. The van der Waals surface area contributed by atoms with Crippen LogP contribution in [0.5, 0.6) is 0 Å². The van der Waals surface area contributed by atoms with Gasteiger partial charge < -0.3 is 15.0 Å². The zero-order chi connectivity index (χ0) is 22.8. The van der Waals surface area contributed by atoms with E-state index in [1.54, 1.807) is 49.4 Å². The molecule has 9 heteroatoms. The molecular formula is C23H25N3O4S2. The third kappa shape index (κ3) is 4.73. The van der Waals surface area contributed by atoms with E-state index in [2.05, 4.69) is 22.2 Å². The molecule has 1 amide bonds. The van der Waals surface area contributed by atoms with Gasteiger partial charge in [0.15, 0.2) is 5.16 Å². The standard InChI is InChI=1S/C23H25N3O4S2/c1-4-30-22(29)14-6-8-15(9-7-14)24-19(27)13(3)31-23-25-20(28)18-16-10-5-12(2)11-17(16)32-21(18)26-23/h6-9,12-13H,4-5,10-11H2,1-3H3,(H,24,27)(H,25,26,28). The lowest BCUT2D eigenvalue weighted by molar-refractivity contribution is -0.115. The molecule has 0 saturated heterocycles. The second-order valence-electron chi connectivity index (χ2n) is 7.95. The Morgan fingerprint density at radius 1 is 1.34 bits per heavy atom. The van der Waals surface area contributed by atoms with Gasteiger partial charge in [-0.15, -0.1) is 11.3 Å². The van der Waals surface area contributed by atoms with Crippen molar-refractivity contribution in [1.29, 1.82) is 0 Å². The number of rotatable bonds is 6. The van der Waals surface area contributed by atoms with Crippen LogP contribution in [0.4, 0.5) is 5.69 Å². The molecule has 2 heterocycles. The van der Waals surface area contributed by atoms with Crippen LogP contribution < -0.4 is 10.9 Å². The number of ether oxygens (including phenoxy) is 1. The maximum Gasteiger partial charge on any atom is 0.338 e. The molecule has 0 radical (unpaired) electrons. The molecule has 1 aliphatic rings. The van der Waals surface area contributed by atoms with Gasteiger partial charge >= 0.3 is 5.97 Å². The second-order valence-corrected chi connectivity index (χ2v) is 10.4. The van der Waals surface area contributed by atoms with Crippen LogP contribution in [0, 0.1) is 5.92 Å². The number of thiophene rings is 1. The largest absolute Gasteiger partial charge is 0.462 e. The highest BCUT2D eigenvalue weighted by Crippen LogP contribution is 2.36. The van der Waals surface area contributed by atoms with Gasteiger partial charge in [-0.25, -0.2) is 9.78 Å². The predicted octanol–water partition coefficient (Wildman–Crippen LogP) is 4.41. The Hall–Kier alpha value is -2.65. The lowest BCUT2D eigenvalue weighted by Crippen LogP contribution is -2.23. The first-order valence-corrected chi connectivity index (χ1v) is 12.3. The van der Waals surface area contributed by atoms with Gasteiger partial charge in [-0.2, -0.15) is 0 Å². The van der Waals surface area contributed by atoms with E-state index in [1.807, 2.05) is 0 Å². The monoisotopic (exact) mass is 471 g/mol. The summed E-state index contributed by atoms with van der Waals surface area (Å²) in [5.41, 5.74) is 2.01. The number of aromatic amines is 1. The predicted molar refractivity (Wildman–Crippen MR) is 128 cm³/mol. The van der Waals surface area contributed by atoms with Gasteiger partial charge in [0.1, 0.15) is 4.83 Å². The van der Waals surface area contributed by atoms with Gasteiger partial charge in [-0.05, 0) is 68.9 Å². The van der Waals surface area contributed by atoms with Crippen molar-refractivity contribution in [1.82, 2.24) is 9.97 Å². The maximum absolute atomic E-state index is 12.7. The minimum absolute atomic E-state index is 0.133. The average molecular weight is 472 g/mol. The number of nitrogens with zero attached hydrogens (tertiary/aromatic N) is 1. The van der Waals surface area contributed by atoms with Gasteiger partial charge in [-0.3, -0.25) is 9.59 Å². The van der Waals surface area contributed by atoms with Gasteiger partial charge in [0.25, 0.3) is 5.56 Å². The third-order valence-electron chi connectivity index (χ3n) is 5.46. The van der Waals surface area contributed by atoms with Crippen LogP contribution in [0.2, 0.25) is 0 Å². The smallest absolute Gasteiger partial charge is 0.338 e. The Morgan fingerprint density at radius 2 is 2.09 bits per heavy atom. The number of H-pyrrole nitrogens is 1. The molecule has 0 fully saturated rings. The third-order valence-corrected chi connectivity index (χ3v) is 7.60. The lowest BCUT2D eigenvalue weighted by Gasteiger charge is -2.17. The molecular weight excluding hydrogens is 446 g/mol. The van der Waals surface area contributed by atoms with Crippen LogP contribution >= 0.6 is 23.1 Å². The van der Waals surface area contributed by atoms with Crippen molar-refractivity contribution in [2.45, 2.75) is 50.4 Å². The summed E-state index contributed by atoms with van der Waals surface area (Å²) in [5, 5.41) is 3.50. The van der Waals surface area contributed by atoms with Crippen LogP contribution in [-0.4, -0.2) is 33.7 Å². The summed E-state index contributed by atoms with van der Waals surface area (Å²) >= 11 is 2.81. The molecule has 7 nitrogen and oxygen atoms in total. The Kier molecular flexibility index (Phi) is 6.66. The van der Waals surface area contributed by atoms with Crippen LogP contribution in [0.3, 0.4) is 0 Å². The molecule has 32 heavy (non-hydrogen) atoms. The fourth-order valence-electron chi connectivity index (χ4n) is 3.75. The quantitative estimate of drug-likeness (QED) is 0.314. The molecule has 0 bridgehead atoms. The van der Waals surface area contributed by atoms with Crippen molar-refractivity contribution in [3.05, 3.63) is 50.6 Å². The number of amides is 1. The van der Waals surface area contributed by atoms with Crippen LogP contribution in [0.25, 0.3) is 10.2 Å². The zero-order valence-corrected chi connectivity index (χ0v) is 19.8. The van der Waals surface area contributed by atoms with Crippen LogP contribution in [-0.2, 0) is 22.4 Å². The van der Waals surface area contributed by atoms with Crippen LogP contribution in [0.15, 0.2) is 34.2 Å². The number of hydrogen-bond acceptors (Lipinski definition) is 7. The highest BCUT2D eigenvalue weighted by molar-refractivity contribution is 8.00. The lowest BCUT2D eigenvalue weighted by atomic mass is 9.89. The van der Waals surface area contributed by atoms with E-state index in [9.17, 15) is 14.4 Å². The van der Waals surface area contributed by atoms with E-state index >= 15 is 0 Å². The normalized spacial score (nSPS) is 16.4. The summed E-state index contributed by atoms with van der Waals surface area (Å²) in [6.07, 6.45) is 3.00. The number of carbonyl (C=O) groups excluding carboxylic acids is 2. The van der Waals surface area contributed by atoms with E-state index in [1.165, 1.54) is 16.6 Å². The highest BCUT2D eigenvalue weighted by Gasteiger charge is 2.24. The number of thioether (sulfide) groups is 1. The fourth-order valence-corrected chi connectivity index (χ4v) is 5.99. The summed E-state index contributed by atoms with van der Waals surface area (Å²) in [7, 11) is 0. The maximum atomic E-state index is 12.7. The number of aryl methyl sites for hydroxylation is 1. The number of anilines is 1. The number of nitrogens with one attached hydrogen (secondary N) is 2. The first kappa shape index (κ1) is 22.5. The van der Waals surface area contributed by atoms with Gasteiger partial charge in [0, 0.05) is 10.6 Å². The SMILES string of the molecule is CCOC(=O)c1ccc(NC(=O)C(C)Sc2nc3sc4c(c3c(=O)[nH]2)CCC(C)C4)cc1. The van der Waals surface area contributed by atoms with E-state index in [0.717, 1.165) is 29.7 Å². The van der Waals surface area contributed by atoms with Gasteiger partial charge in [0.2, 0.25) is 5.91 Å². The van der Waals surface area contributed by atoms with Crippen molar-refractivity contribution in [3.63, 3.8) is 0 Å². The van der Waals surface area contributed by atoms with Crippen molar-refractivity contribution >= 4 is 50.9 Å². The van der Waals surface area contributed by atoms with E-state index in [4.69, 9.17) is 4.74 Å². The fraction of sp³-hybridized carbons (Fsp3) is 0.391. The second kappa shape index (κ2) is 9.46. The van der Waals surface area contributed by atoms with Gasteiger partial charge in [0.05, 0.1) is 22.8 Å². The van der Waals surface area contributed by atoms with Crippen molar-refractivity contribution < 1.29 is 14.3 Å². The Morgan fingerprint density at radius 3 is 2.81 bits per heavy atom. The molecule has 0 spiro atoms. The zero-order valence-electron chi connectivity index (χ0n) is 18.2. The molecule has 2 aromatic heterocycles. The number of hydrogen-bond donors (Lipinski definition) is 2. The molecule has 2 N–H and O–H groups in total. The van der Waals surface area contributed by atoms with E-state index in [-0.39, 0.29) is 11.5 Å². The Labute approximate surface area is 194 Å². The van der Waals surface area contributed by atoms with E-state index in [0.29, 0.717) is 34.3 Å². The molecule has 0 saturated carbocycles. The Balaban J connectivity index is 1.45. The number of benzene rings is 1.